The molecule has 0 radical (unpaired) electrons. The Balaban J connectivity index is 1.96. The van der Waals surface area contributed by atoms with E-state index >= 15 is 0 Å². The maximum atomic E-state index is 10.7. The average Bonchev–Trinajstić information content (AvgIpc) is 2.83. The summed E-state index contributed by atoms with van der Waals surface area (Å²) in [6.45, 7) is 3.69. The summed E-state index contributed by atoms with van der Waals surface area (Å²) in [4.78, 5) is 14.7. The molecule has 1 aromatic rings. The number of ether oxygens (including phenoxy) is 1. The molecule has 2 unspecified atom stereocenters. The van der Waals surface area contributed by atoms with Crippen LogP contribution >= 0.6 is 0 Å². The smallest absolute Gasteiger partial charge is 0.337 e. The molecule has 0 bridgehead atoms. The van der Waals surface area contributed by atoms with Gasteiger partial charge in [0.25, 0.3) is 0 Å². The fraction of sp³-hybridized carbons (Fsp3) is 0.500. The minimum atomic E-state index is -0.957. The van der Waals surface area contributed by atoms with Crippen LogP contribution in [-0.4, -0.2) is 35.3 Å². The van der Waals surface area contributed by atoms with Crippen LogP contribution in [0.1, 0.15) is 23.7 Å². The standard InChI is InChI=1S/C12H16N2O3/c1-8(10-4-5-17-7-10)14-11-3-2-9(6-13-11)12(15)16/h2-3,6,8,10H,4-5,7H2,1H3,(H,13,14)(H,15,16). The Hall–Kier alpha value is -1.62. The van der Waals surface area contributed by atoms with Gasteiger partial charge >= 0.3 is 5.97 Å². The van der Waals surface area contributed by atoms with E-state index in [1.54, 1.807) is 12.1 Å². The van der Waals surface area contributed by atoms with E-state index in [0.29, 0.717) is 11.7 Å². The van der Waals surface area contributed by atoms with Crippen molar-refractivity contribution >= 4 is 11.8 Å². The van der Waals surface area contributed by atoms with Gasteiger partial charge in [-0.1, -0.05) is 0 Å². The van der Waals surface area contributed by atoms with Crippen molar-refractivity contribution in [3.63, 3.8) is 0 Å². The fourth-order valence-electron chi connectivity index (χ4n) is 1.90. The first-order chi connectivity index (χ1) is 8.16. The lowest BCUT2D eigenvalue weighted by atomic mass is 10.0. The first-order valence-corrected chi connectivity index (χ1v) is 5.70. The van der Waals surface area contributed by atoms with Crippen LogP contribution in [0.5, 0.6) is 0 Å². The third kappa shape index (κ3) is 2.94. The van der Waals surface area contributed by atoms with Gasteiger partial charge in [0.1, 0.15) is 5.82 Å². The van der Waals surface area contributed by atoms with Crippen molar-refractivity contribution in [1.82, 2.24) is 4.98 Å². The largest absolute Gasteiger partial charge is 0.478 e. The Labute approximate surface area is 99.8 Å². The van der Waals surface area contributed by atoms with E-state index in [9.17, 15) is 4.79 Å². The number of hydrogen-bond acceptors (Lipinski definition) is 4. The van der Waals surface area contributed by atoms with E-state index < -0.39 is 5.97 Å². The minimum Gasteiger partial charge on any atom is -0.478 e. The number of pyridine rings is 1. The number of nitrogens with zero attached hydrogens (tertiary/aromatic N) is 1. The monoisotopic (exact) mass is 236 g/mol. The fourth-order valence-corrected chi connectivity index (χ4v) is 1.90. The summed E-state index contributed by atoms with van der Waals surface area (Å²) < 4.78 is 5.33. The Morgan fingerprint density at radius 3 is 3.00 bits per heavy atom. The zero-order chi connectivity index (χ0) is 12.3. The van der Waals surface area contributed by atoms with E-state index in [0.717, 1.165) is 19.6 Å². The maximum Gasteiger partial charge on any atom is 0.337 e. The zero-order valence-electron chi connectivity index (χ0n) is 9.72. The van der Waals surface area contributed by atoms with Crippen LogP contribution in [0.25, 0.3) is 0 Å². The summed E-state index contributed by atoms with van der Waals surface area (Å²) in [5.74, 6) is 0.242. The van der Waals surface area contributed by atoms with Gasteiger partial charge in [-0.15, -0.1) is 0 Å². The Morgan fingerprint density at radius 2 is 2.47 bits per heavy atom. The maximum absolute atomic E-state index is 10.7. The molecule has 2 N–H and O–H groups in total. The second-order valence-corrected chi connectivity index (χ2v) is 4.29. The molecule has 1 aliphatic rings. The number of hydrogen-bond donors (Lipinski definition) is 2. The predicted molar refractivity (Wildman–Crippen MR) is 63.2 cm³/mol. The Bertz CT molecular complexity index is 385. The highest BCUT2D eigenvalue weighted by atomic mass is 16.5. The van der Waals surface area contributed by atoms with E-state index in [2.05, 4.69) is 17.2 Å². The summed E-state index contributed by atoms with van der Waals surface area (Å²) >= 11 is 0. The van der Waals surface area contributed by atoms with E-state index in [1.807, 2.05) is 0 Å². The van der Waals surface area contributed by atoms with Gasteiger partial charge in [0.2, 0.25) is 0 Å². The molecule has 0 amide bonds. The molecule has 2 rings (SSSR count). The molecule has 0 aliphatic carbocycles. The number of nitrogens with one attached hydrogen (secondary N) is 1. The number of rotatable bonds is 4. The third-order valence-corrected chi connectivity index (χ3v) is 3.06. The number of carbonyl (C=O) groups is 1. The van der Waals surface area contributed by atoms with Crippen molar-refractivity contribution in [2.24, 2.45) is 5.92 Å². The second kappa shape index (κ2) is 5.14. The molecular weight excluding hydrogens is 220 g/mol. The van der Waals surface area contributed by atoms with E-state index in [1.165, 1.54) is 6.20 Å². The van der Waals surface area contributed by atoms with Crippen molar-refractivity contribution in [3.8, 4) is 0 Å². The number of aromatic carboxylic acids is 1. The lowest BCUT2D eigenvalue weighted by molar-refractivity contribution is 0.0696. The molecule has 1 aromatic heterocycles. The van der Waals surface area contributed by atoms with Gasteiger partial charge in [-0.2, -0.15) is 0 Å². The van der Waals surface area contributed by atoms with Crippen molar-refractivity contribution in [1.29, 1.82) is 0 Å². The predicted octanol–water partition coefficient (Wildman–Crippen LogP) is 1.62. The first-order valence-electron chi connectivity index (χ1n) is 5.70. The zero-order valence-corrected chi connectivity index (χ0v) is 9.72. The van der Waals surface area contributed by atoms with Gasteiger partial charge < -0.3 is 15.2 Å². The topological polar surface area (TPSA) is 71.5 Å². The van der Waals surface area contributed by atoms with Crippen LogP contribution in [0.3, 0.4) is 0 Å². The van der Waals surface area contributed by atoms with E-state index in [4.69, 9.17) is 9.84 Å². The molecular formula is C12H16N2O3. The van der Waals surface area contributed by atoms with Crippen molar-refractivity contribution < 1.29 is 14.6 Å². The quantitative estimate of drug-likeness (QED) is 0.831. The van der Waals surface area contributed by atoms with Gasteiger partial charge in [-0.25, -0.2) is 9.78 Å². The normalized spacial score (nSPS) is 21.1. The number of anilines is 1. The second-order valence-electron chi connectivity index (χ2n) is 4.29. The van der Waals surface area contributed by atoms with E-state index in [-0.39, 0.29) is 11.6 Å². The molecule has 0 spiro atoms. The third-order valence-electron chi connectivity index (χ3n) is 3.06. The molecule has 2 atom stereocenters. The van der Waals surface area contributed by atoms with Crippen LogP contribution in [0, 0.1) is 5.92 Å². The molecule has 0 saturated carbocycles. The lowest BCUT2D eigenvalue weighted by Crippen LogP contribution is -2.26. The van der Waals surface area contributed by atoms with Crippen molar-refractivity contribution in [2.45, 2.75) is 19.4 Å². The molecule has 5 heteroatoms. The SMILES string of the molecule is CC(Nc1ccc(C(=O)O)cn1)C1CCOC1. The molecule has 1 saturated heterocycles. The van der Waals surface area contributed by atoms with Crippen LogP contribution in [0.2, 0.25) is 0 Å². The van der Waals surface area contributed by atoms with Crippen LogP contribution in [-0.2, 0) is 4.74 Å². The van der Waals surface area contributed by atoms with Crippen molar-refractivity contribution in [3.05, 3.63) is 23.9 Å². The number of aromatic nitrogens is 1. The molecule has 0 aromatic carbocycles. The van der Waals surface area contributed by atoms with Crippen LogP contribution in [0.15, 0.2) is 18.3 Å². The molecule has 5 nitrogen and oxygen atoms in total. The molecule has 1 fully saturated rings. The highest BCUT2D eigenvalue weighted by molar-refractivity contribution is 5.87. The summed E-state index contributed by atoms with van der Waals surface area (Å²) in [5.41, 5.74) is 0.201. The van der Waals surface area contributed by atoms with Gasteiger partial charge in [-0.3, -0.25) is 0 Å². The summed E-state index contributed by atoms with van der Waals surface area (Å²) in [5, 5.41) is 12.0. The molecule has 2 heterocycles. The van der Waals surface area contributed by atoms with Gasteiger partial charge in [0.15, 0.2) is 0 Å². The Kier molecular flexibility index (Phi) is 3.58. The average molecular weight is 236 g/mol. The minimum absolute atomic E-state index is 0.201. The Morgan fingerprint density at radius 1 is 1.65 bits per heavy atom. The highest BCUT2D eigenvalue weighted by Gasteiger charge is 2.22. The molecule has 92 valence electrons. The molecule has 1 aliphatic heterocycles. The first kappa shape index (κ1) is 11.9. The summed E-state index contributed by atoms with van der Waals surface area (Å²) in [7, 11) is 0. The number of carboxylic acid groups (broad SMARTS) is 1. The van der Waals surface area contributed by atoms with Gasteiger partial charge in [0.05, 0.1) is 12.2 Å². The summed E-state index contributed by atoms with van der Waals surface area (Å²) in [6.07, 6.45) is 2.42. The van der Waals surface area contributed by atoms with Crippen molar-refractivity contribution in [2.75, 3.05) is 18.5 Å². The van der Waals surface area contributed by atoms with Gasteiger partial charge in [-0.05, 0) is 25.5 Å². The van der Waals surface area contributed by atoms with Gasteiger partial charge in [0, 0.05) is 24.8 Å². The lowest BCUT2D eigenvalue weighted by Gasteiger charge is -2.19. The van der Waals surface area contributed by atoms with Crippen LogP contribution < -0.4 is 5.32 Å². The molecule has 17 heavy (non-hydrogen) atoms. The van der Waals surface area contributed by atoms with Crippen LogP contribution in [0.4, 0.5) is 5.82 Å². The summed E-state index contributed by atoms with van der Waals surface area (Å²) in [6, 6.07) is 3.52. The number of carboxylic acids is 1. The highest BCUT2D eigenvalue weighted by Crippen LogP contribution is 2.19.